The number of carbonyl (C=O) groups is 2. The molecular weight excluding hydrogens is 303 g/mol. The minimum absolute atomic E-state index is 0.0339. The summed E-state index contributed by atoms with van der Waals surface area (Å²) in [6.45, 7) is 1.14. The molecule has 122 valence electrons. The Morgan fingerprint density at radius 3 is 2.74 bits per heavy atom. The molecule has 0 aliphatic carbocycles. The summed E-state index contributed by atoms with van der Waals surface area (Å²) in [5.41, 5.74) is 1.23. The van der Waals surface area contributed by atoms with E-state index < -0.39 is 5.97 Å². The number of fused-ring (bicyclic) bond motifs is 1. The largest absolute Gasteiger partial charge is 0.481 e. The van der Waals surface area contributed by atoms with Crippen LogP contribution in [0.4, 0.5) is 4.39 Å². The number of carboxylic acids is 1. The highest BCUT2D eigenvalue weighted by atomic mass is 19.1. The fourth-order valence-electron chi connectivity index (χ4n) is 3.00. The van der Waals surface area contributed by atoms with E-state index in [1.807, 2.05) is 0 Å². The number of piperidine rings is 1. The molecule has 1 fully saturated rings. The first-order valence-corrected chi connectivity index (χ1v) is 7.59. The van der Waals surface area contributed by atoms with E-state index in [0.717, 1.165) is 23.9 Å². The lowest BCUT2D eigenvalue weighted by Crippen LogP contribution is -2.38. The van der Waals surface area contributed by atoms with Crippen molar-refractivity contribution in [2.45, 2.75) is 31.6 Å². The number of carbonyl (C=O) groups excluding carboxylic acids is 1. The second-order valence-electron chi connectivity index (χ2n) is 5.76. The first-order valence-electron chi connectivity index (χ1n) is 7.59. The minimum Gasteiger partial charge on any atom is -0.481 e. The zero-order chi connectivity index (χ0) is 16.4. The van der Waals surface area contributed by atoms with Gasteiger partial charge in [-0.25, -0.2) is 4.39 Å². The van der Waals surface area contributed by atoms with E-state index in [2.05, 4.69) is 5.16 Å². The van der Waals surface area contributed by atoms with Crippen molar-refractivity contribution >= 4 is 22.8 Å². The summed E-state index contributed by atoms with van der Waals surface area (Å²) in [4.78, 5) is 24.2. The Labute approximate surface area is 131 Å². The normalized spacial score (nSPS) is 16.0. The Bertz CT molecular complexity index is 735. The van der Waals surface area contributed by atoms with Crippen molar-refractivity contribution in [1.82, 2.24) is 10.1 Å². The molecule has 1 aromatic heterocycles. The van der Waals surface area contributed by atoms with Gasteiger partial charge in [-0.1, -0.05) is 5.16 Å². The van der Waals surface area contributed by atoms with Gasteiger partial charge in [-0.3, -0.25) is 9.59 Å². The maximum Gasteiger partial charge on any atom is 0.303 e. The van der Waals surface area contributed by atoms with Crippen molar-refractivity contribution < 1.29 is 23.6 Å². The Morgan fingerprint density at radius 1 is 1.30 bits per heavy atom. The van der Waals surface area contributed by atoms with Gasteiger partial charge in [0.25, 0.3) is 0 Å². The van der Waals surface area contributed by atoms with E-state index in [-0.39, 0.29) is 30.5 Å². The van der Waals surface area contributed by atoms with E-state index >= 15 is 0 Å². The van der Waals surface area contributed by atoms with Gasteiger partial charge in [0, 0.05) is 36.9 Å². The number of hydrogen-bond acceptors (Lipinski definition) is 4. The molecule has 1 aliphatic heterocycles. The van der Waals surface area contributed by atoms with Crippen LogP contribution in [0.15, 0.2) is 22.7 Å². The second kappa shape index (κ2) is 6.36. The van der Waals surface area contributed by atoms with Crippen LogP contribution in [0.5, 0.6) is 0 Å². The van der Waals surface area contributed by atoms with Gasteiger partial charge in [0.2, 0.25) is 5.91 Å². The Balaban J connectivity index is 1.64. The average molecular weight is 320 g/mol. The summed E-state index contributed by atoms with van der Waals surface area (Å²) in [5, 5.41) is 13.5. The third-order valence-corrected chi connectivity index (χ3v) is 4.25. The topological polar surface area (TPSA) is 83.6 Å². The lowest BCUT2D eigenvalue weighted by atomic mass is 9.91. The van der Waals surface area contributed by atoms with Crippen LogP contribution in [0.1, 0.15) is 37.3 Å². The van der Waals surface area contributed by atoms with Crippen LogP contribution in [-0.4, -0.2) is 40.1 Å². The van der Waals surface area contributed by atoms with Crippen LogP contribution >= 0.6 is 0 Å². The van der Waals surface area contributed by atoms with Gasteiger partial charge < -0.3 is 14.5 Å². The number of aliphatic carboxylic acids is 1. The molecule has 2 aromatic rings. The molecule has 0 unspecified atom stereocenters. The molecular formula is C16H17FN2O4. The lowest BCUT2D eigenvalue weighted by molar-refractivity contribution is -0.141. The fraction of sp³-hybridized carbons (Fsp3) is 0.438. The van der Waals surface area contributed by atoms with Crippen LogP contribution in [0, 0.1) is 5.82 Å². The van der Waals surface area contributed by atoms with Crippen molar-refractivity contribution in [3.63, 3.8) is 0 Å². The molecule has 2 heterocycles. The van der Waals surface area contributed by atoms with Crippen LogP contribution < -0.4 is 0 Å². The van der Waals surface area contributed by atoms with Crippen LogP contribution in [-0.2, 0) is 9.59 Å². The standard InChI is InChI=1S/C16H17FN2O4/c17-11-1-2-12-13(9-11)23-18-16(12)10-5-7-19(8-6-10)14(20)3-4-15(21)22/h1-2,9-10H,3-8H2,(H,21,22). The number of aromatic nitrogens is 1. The molecule has 1 aromatic carbocycles. The number of carboxylic acid groups (broad SMARTS) is 1. The highest BCUT2D eigenvalue weighted by Gasteiger charge is 2.27. The van der Waals surface area contributed by atoms with Crippen LogP contribution in [0.3, 0.4) is 0 Å². The number of nitrogens with zero attached hydrogens (tertiary/aromatic N) is 2. The predicted octanol–water partition coefficient (Wildman–Crippen LogP) is 2.54. The molecule has 0 radical (unpaired) electrons. The number of amides is 1. The number of halogens is 1. The van der Waals surface area contributed by atoms with E-state index in [1.54, 1.807) is 11.0 Å². The molecule has 1 aliphatic rings. The molecule has 0 atom stereocenters. The van der Waals surface area contributed by atoms with Gasteiger partial charge in [0.05, 0.1) is 12.1 Å². The Hall–Kier alpha value is -2.44. The number of rotatable bonds is 4. The van der Waals surface area contributed by atoms with Gasteiger partial charge in [-0.15, -0.1) is 0 Å². The number of likely N-dealkylation sites (tertiary alicyclic amines) is 1. The van der Waals surface area contributed by atoms with Gasteiger partial charge in [0.15, 0.2) is 5.58 Å². The molecule has 6 nitrogen and oxygen atoms in total. The molecule has 1 N–H and O–H groups in total. The Kier molecular flexibility index (Phi) is 4.27. The van der Waals surface area contributed by atoms with Gasteiger partial charge in [-0.05, 0) is 25.0 Å². The smallest absolute Gasteiger partial charge is 0.303 e. The summed E-state index contributed by atoms with van der Waals surface area (Å²) in [5.74, 6) is -1.29. The summed E-state index contributed by atoms with van der Waals surface area (Å²) >= 11 is 0. The molecule has 0 spiro atoms. The van der Waals surface area contributed by atoms with Crippen molar-refractivity contribution in [1.29, 1.82) is 0 Å². The Morgan fingerprint density at radius 2 is 2.04 bits per heavy atom. The quantitative estimate of drug-likeness (QED) is 0.936. The molecule has 7 heteroatoms. The zero-order valence-corrected chi connectivity index (χ0v) is 12.5. The SMILES string of the molecule is O=C(O)CCC(=O)N1CCC(c2noc3cc(F)ccc23)CC1. The third-order valence-electron chi connectivity index (χ3n) is 4.25. The van der Waals surface area contributed by atoms with Crippen LogP contribution in [0.2, 0.25) is 0 Å². The second-order valence-corrected chi connectivity index (χ2v) is 5.76. The third kappa shape index (κ3) is 3.33. The molecule has 1 amide bonds. The van der Waals surface area contributed by atoms with Crippen molar-refractivity contribution in [3.05, 3.63) is 29.7 Å². The van der Waals surface area contributed by atoms with Crippen LogP contribution in [0.25, 0.3) is 11.0 Å². The summed E-state index contributed by atoms with van der Waals surface area (Å²) in [7, 11) is 0. The molecule has 1 saturated heterocycles. The van der Waals surface area contributed by atoms with Crippen molar-refractivity contribution in [2.75, 3.05) is 13.1 Å². The number of hydrogen-bond donors (Lipinski definition) is 1. The summed E-state index contributed by atoms with van der Waals surface area (Å²) < 4.78 is 18.4. The molecule has 0 saturated carbocycles. The number of benzene rings is 1. The van der Waals surface area contributed by atoms with Crippen molar-refractivity contribution in [2.24, 2.45) is 0 Å². The highest BCUT2D eigenvalue weighted by Crippen LogP contribution is 2.32. The molecule has 0 bridgehead atoms. The lowest BCUT2D eigenvalue weighted by Gasteiger charge is -2.31. The first-order chi connectivity index (χ1) is 11.0. The fourth-order valence-corrected chi connectivity index (χ4v) is 3.00. The van der Waals surface area contributed by atoms with E-state index in [9.17, 15) is 14.0 Å². The van der Waals surface area contributed by atoms with E-state index in [0.29, 0.717) is 18.7 Å². The van der Waals surface area contributed by atoms with Gasteiger partial charge in [-0.2, -0.15) is 0 Å². The predicted molar refractivity (Wildman–Crippen MR) is 79.4 cm³/mol. The maximum absolute atomic E-state index is 13.2. The molecule has 23 heavy (non-hydrogen) atoms. The first kappa shape index (κ1) is 15.5. The maximum atomic E-state index is 13.2. The summed E-state index contributed by atoms with van der Waals surface area (Å²) in [6.07, 6.45) is 1.36. The van der Waals surface area contributed by atoms with E-state index in [4.69, 9.17) is 9.63 Å². The highest BCUT2D eigenvalue weighted by molar-refractivity contribution is 5.81. The van der Waals surface area contributed by atoms with Gasteiger partial charge >= 0.3 is 5.97 Å². The zero-order valence-electron chi connectivity index (χ0n) is 12.5. The van der Waals surface area contributed by atoms with Gasteiger partial charge in [0.1, 0.15) is 5.82 Å². The van der Waals surface area contributed by atoms with E-state index in [1.165, 1.54) is 12.1 Å². The van der Waals surface area contributed by atoms with Crippen molar-refractivity contribution in [3.8, 4) is 0 Å². The average Bonchev–Trinajstić information content (AvgIpc) is 2.95. The summed E-state index contributed by atoms with van der Waals surface area (Å²) in [6, 6.07) is 4.37. The minimum atomic E-state index is -0.963. The monoisotopic (exact) mass is 320 g/mol. The molecule has 3 rings (SSSR count).